The third kappa shape index (κ3) is 7.94. The summed E-state index contributed by atoms with van der Waals surface area (Å²) in [5.74, 6) is 1.01. The number of rotatable bonds is 8. The van der Waals surface area contributed by atoms with Gasteiger partial charge in [0.1, 0.15) is 17.1 Å². The summed E-state index contributed by atoms with van der Waals surface area (Å²) < 4.78 is 10.5. The van der Waals surface area contributed by atoms with Gasteiger partial charge in [-0.25, -0.2) is 4.79 Å². The number of phenols is 1. The van der Waals surface area contributed by atoms with Crippen molar-refractivity contribution in [2.45, 2.75) is 58.7 Å². The largest absolute Gasteiger partial charge is 0.506 e. The maximum Gasteiger partial charge on any atom is 0.407 e. The van der Waals surface area contributed by atoms with Crippen molar-refractivity contribution in [3.8, 4) is 11.5 Å². The fraction of sp³-hybridized carbons (Fsp3) is 0.435. The van der Waals surface area contributed by atoms with E-state index in [0.717, 1.165) is 29.7 Å². The van der Waals surface area contributed by atoms with Crippen molar-refractivity contribution < 1.29 is 19.4 Å². The van der Waals surface area contributed by atoms with Crippen molar-refractivity contribution in [3.05, 3.63) is 53.6 Å². The van der Waals surface area contributed by atoms with Crippen molar-refractivity contribution in [1.29, 1.82) is 0 Å². The number of amides is 1. The highest BCUT2D eigenvalue weighted by molar-refractivity contribution is 5.68. The predicted molar refractivity (Wildman–Crippen MR) is 116 cm³/mol. The van der Waals surface area contributed by atoms with Crippen LogP contribution in [0.3, 0.4) is 0 Å². The van der Waals surface area contributed by atoms with Gasteiger partial charge in [0.05, 0.1) is 12.8 Å². The monoisotopic (exact) mass is 400 g/mol. The molecule has 2 rings (SSSR count). The Balaban J connectivity index is 1.84. The van der Waals surface area contributed by atoms with Crippen LogP contribution in [-0.4, -0.2) is 30.0 Å². The molecule has 1 atom stereocenters. The van der Waals surface area contributed by atoms with Crippen LogP contribution < -0.4 is 15.4 Å². The number of ether oxygens (including phenoxy) is 2. The molecule has 0 saturated carbocycles. The van der Waals surface area contributed by atoms with Gasteiger partial charge in [0.2, 0.25) is 0 Å². The highest BCUT2D eigenvalue weighted by Crippen LogP contribution is 2.26. The first-order valence-electron chi connectivity index (χ1n) is 9.84. The zero-order valence-corrected chi connectivity index (χ0v) is 17.9. The van der Waals surface area contributed by atoms with Gasteiger partial charge in [-0.05, 0) is 75.9 Å². The lowest BCUT2D eigenvalue weighted by Crippen LogP contribution is -2.37. The maximum atomic E-state index is 11.8. The molecule has 0 spiro atoms. The number of aryl methyl sites for hydroxylation is 1. The minimum absolute atomic E-state index is 0.0298. The van der Waals surface area contributed by atoms with Gasteiger partial charge in [-0.3, -0.25) is 0 Å². The number of alkyl carbamates (subject to hydrolysis) is 1. The number of benzene rings is 2. The van der Waals surface area contributed by atoms with Crippen LogP contribution in [0.5, 0.6) is 11.5 Å². The van der Waals surface area contributed by atoms with E-state index in [1.807, 2.05) is 64.1 Å². The van der Waals surface area contributed by atoms with E-state index in [4.69, 9.17) is 9.47 Å². The van der Waals surface area contributed by atoms with E-state index >= 15 is 0 Å². The molecule has 6 heteroatoms. The molecule has 2 aromatic carbocycles. The van der Waals surface area contributed by atoms with Gasteiger partial charge >= 0.3 is 6.09 Å². The van der Waals surface area contributed by atoms with Crippen LogP contribution in [0.2, 0.25) is 0 Å². The second kappa shape index (κ2) is 10.0. The number of nitrogens with one attached hydrogen (secondary N) is 2. The maximum absolute atomic E-state index is 11.8. The quantitative estimate of drug-likeness (QED) is 0.552. The van der Waals surface area contributed by atoms with Crippen molar-refractivity contribution in [1.82, 2.24) is 5.32 Å². The Morgan fingerprint density at radius 3 is 2.55 bits per heavy atom. The molecule has 158 valence electrons. The molecular weight excluding hydrogens is 368 g/mol. The third-order valence-corrected chi connectivity index (χ3v) is 4.31. The summed E-state index contributed by atoms with van der Waals surface area (Å²) in [6, 6.07) is 13.4. The standard InChI is InChI=1S/C23H32N2O4/c1-16(25-22(27)29-23(2,3)4)9-10-17-11-12-20(21(26)14-17)24-15-18-7-6-8-19(13-18)28-5/h6-8,11-14,16,24,26H,9-10,15H2,1-5H3,(H,25,27). The Bertz CT molecular complexity index is 815. The lowest BCUT2D eigenvalue weighted by molar-refractivity contribution is 0.0506. The molecule has 1 unspecified atom stereocenters. The molecule has 0 radical (unpaired) electrons. The molecule has 0 heterocycles. The third-order valence-electron chi connectivity index (χ3n) is 4.31. The number of carbonyl (C=O) groups is 1. The van der Waals surface area contributed by atoms with Gasteiger partial charge in [-0.2, -0.15) is 0 Å². The summed E-state index contributed by atoms with van der Waals surface area (Å²) in [7, 11) is 1.64. The zero-order valence-electron chi connectivity index (χ0n) is 17.9. The second-order valence-electron chi connectivity index (χ2n) is 8.14. The summed E-state index contributed by atoms with van der Waals surface area (Å²) in [6.07, 6.45) is 1.07. The Morgan fingerprint density at radius 1 is 1.14 bits per heavy atom. The molecule has 1 amide bonds. The van der Waals surface area contributed by atoms with E-state index in [-0.39, 0.29) is 11.8 Å². The molecule has 6 nitrogen and oxygen atoms in total. The number of hydrogen-bond donors (Lipinski definition) is 3. The molecular formula is C23H32N2O4. The predicted octanol–water partition coefficient (Wildman–Crippen LogP) is 4.86. The Morgan fingerprint density at radius 2 is 1.90 bits per heavy atom. The van der Waals surface area contributed by atoms with Gasteiger partial charge in [0.15, 0.2) is 0 Å². The number of anilines is 1. The highest BCUT2D eigenvalue weighted by atomic mass is 16.6. The minimum Gasteiger partial charge on any atom is -0.506 e. The summed E-state index contributed by atoms with van der Waals surface area (Å²) in [5, 5.41) is 16.4. The summed E-state index contributed by atoms with van der Waals surface area (Å²) in [6.45, 7) is 8.03. The van der Waals surface area contributed by atoms with Crippen LogP contribution in [0.1, 0.15) is 45.2 Å². The van der Waals surface area contributed by atoms with Crippen molar-refractivity contribution in [3.63, 3.8) is 0 Å². The molecule has 0 aliphatic rings. The smallest absolute Gasteiger partial charge is 0.407 e. The second-order valence-corrected chi connectivity index (χ2v) is 8.14. The first-order chi connectivity index (χ1) is 13.7. The average Bonchev–Trinajstić information content (AvgIpc) is 2.64. The van der Waals surface area contributed by atoms with Gasteiger partial charge in [0.25, 0.3) is 0 Å². The molecule has 0 fully saturated rings. The number of aromatic hydroxyl groups is 1. The van der Waals surface area contributed by atoms with E-state index in [1.54, 1.807) is 13.2 Å². The highest BCUT2D eigenvalue weighted by Gasteiger charge is 2.17. The van der Waals surface area contributed by atoms with Crippen LogP contribution in [0, 0.1) is 0 Å². The topological polar surface area (TPSA) is 79.8 Å². The zero-order chi connectivity index (χ0) is 21.4. The van der Waals surface area contributed by atoms with Crippen molar-refractivity contribution in [2.24, 2.45) is 0 Å². The fourth-order valence-electron chi connectivity index (χ4n) is 2.83. The molecule has 2 aromatic rings. The molecule has 0 aliphatic carbocycles. The lowest BCUT2D eigenvalue weighted by Gasteiger charge is -2.22. The van der Waals surface area contributed by atoms with Gasteiger partial charge < -0.3 is 25.2 Å². The average molecular weight is 401 g/mol. The van der Waals surface area contributed by atoms with Crippen LogP contribution >= 0.6 is 0 Å². The van der Waals surface area contributed by atoms with Crippen LogP contribution in [0.4, 0.5) is 10.5 Å². The Hall–Kier alpha value is -2.89. The molecule has 0 saturated heterocycles. The van der Waals surface area contributed by atoms with E-state index in [0.29, 0.717) is 12.2 Å². The van der Waals surface area contributed by atoms with Crippen molar-refractivity contribution in [2.75, 3.05) is 12.4 Å². The van der Waals surface area contributed by atoms with Crippen molar-refractivity contribution >= 4 is 11.8 Å². The minimum atomic E-state index is -0.511. The molecule has 0 aromatic heterocycles. The number of hydrogen-bond acceptors (Lipinski definition) is 5. The van der Waals surface area contributed by atoms with Gasteiger partial charge in [0, 0.05) is 12.6 Å². The molecule has 29 heavy (non-hydrogen) atoms. The molecule has 3 N–H and O–H groups in total. The SMILES string of the molecule is COc1cccc(CNc2ccc(CCC(C)NC(=O)OC(C)(C)C)cc2O)c1. The fourth-order valence-corrected chi connectivity index (χ4v) is 2.83. The first-order valence-corrected chi connectivity index (χ1v) is 9.84. The Labute approximate surface area is 173 Å². The number of carbonyl (C=O) groups excluding carboxylic acids is 1. The number of phenolic OH excluding ortho intramolecular Hbond substituents is 1. The Kier molecular flexibility index (Phi) is 7.76. The van der Waals surface area contributed by atoms with Gasteiger partial charge in [-0.15, -0.1) is 0 Å². The lowest BCUT2D eigenvalue weighted by atomic mass is 10.1. The molecule has 0 bridgehead atoms. The van der Waals surface area contributed by atoms with Crippen LogP contribution in [-0.2, 0) is 17.7 Å². The molecule has 0 aliphatic heterocycles. The van der Waals surface area contributed by atoms with Gasteiger partial charge in [-0.1, -0.05) is 18.2 Å². The number of methoxy groups -OCH3 is 1. The normalized spacial score (nSPS) is 12.2. The summed E-state index contributed by atoms with van der Waals surface area (Å²) >= 11 is 0. The summed E-state index contributed by atoms with van der Waals surface area (Å²) in [4.78, 5) is 11.8. The van der Waals surface area contributed by atoms with Crippen LogP contribution in [0.15, 0.2) is 42.5 Å². The summed E-state index contributed by atoms with van der Waals surface area (Å²) in [5.41, 5.74) is 2.24. The van der Waals surface area contributed by atoms with E-state index < -0.39 is 11.7 Å². The van der Waals surface area contributed by atoms with E-state index in [2.05, 4.69) is 10.6 Å². The van der Waals surface area contributed by atoms with Crippen LogP contribution in [0.25, 0.3) is 0 Å². The van der Waals surface area contributed by atoms with E-state index in [1.165, 1.54) is 0 Å². The van der Waals surface area contributed by atoms with E-state index in [9.17, 15) is 9.90 Å². The first kappa shape index (κ1) is 22.4.